The maximum atomic E-state index is 13.6. The molecule has 11 heteroatoms. The van der Waals surface area contributed by atoms with Gasteiger partial charge in [0.25, 0.3) is 5.56 Å². The summed E-state index contributed by atoms with van der Waals surface area (Å²) < 4.78 is 46.7. The molecule has 4 rings (SSSR count). The molecule has 29 heavy (non-hydrogen) atoms. The number of aryl methyl sites for hydroxylation is 1. The van der Waals surface area contributed by atoms with E-state index in [0.29, 0.717) is 4.52 Å². The quantitative estimate of drug-likeness (QED) is 0.653. The molecule has 150 valence electrons. The van der Waals surface area contributed by atoms with Crippen molar-refractivity contribution in [1.82, 2.24) is 19.9 Å². The lowest BCUT2D eigenvalue weighted by Gasteiger charge is -2.06. The van der Waals surface area contributed by atoms with Gasteiger partial charge in [0, 0.05) is 0 Å². The van der Waals surface area contributed by atoms with Gasteiger partial charge in [0.15, 0.2) is 17.4 Å². The summed E-state index contributed by atoms with van der Waals surface area (Å²) in [5.41, 5.74) is -2.39. The number of aliphatic carboxylic acids is 1. The zero-order valence-corrected chi connectivity index (χ0v) is 14.8. The number of benzene rings is 1. The number of aromatic nitrogens is 3. The molecule has 1 aliphatic rings. The van der Waals surface area contributed by atoms with Gasteiger partial charge in [-0.05, 0) is 12.5 Å². The number of rotatable bonds is 2. The first-order valence-corrected chi connectivity index (χ1v) is 8.41. The minimum atomic E-state index is -4.82. The Bertz CT molecular complexity index is 1240. The average molecular weight is 406 g/mol. The van der Waals surface area contributed by atoms with Crippen molar-refractivity contribution in [2.24, 2.45) is 0 Å². The summed E-state index contributed by atoms with van der Waals surface area (Å²) in [5, 5.41) is 14.9. The molecule has 0 bridgehead atoms. The van der Waals surface area contributed by atoms with Gasteiger partial charge in [-0.15, -0.1) is 0 Å². The van der Waals surface area contributed by atoms with Crippen LogP contribution in [0.2, 0.25) is 0 Å². The molecule has 1 aliphatic heterocycles. The Morgan fingerprint density at radius 1 is 1.31 bits per heavy atom. The number of carbonyl (C=O) groups is 1. The monoisotopic (exact) mass is 406 g/mol. The van der Waals surface area contributed by atoms with Crippen LogP contribution in [-0.4, -0.2) is 38.3 Å². The Hall–Kier alpha value is -3.63. The van der Waals surface area contributed by atoms with Crippen LogP contribution < -0.4 is 16.1 Å². The van der Waals surface area contributed by atoms with Gasteiger partial charge < -0.3 is 15.2 Å². The van der Waals surface area contributed by atoms with Crippen molar-refractivity contribution in [3.63, 3.8) is 0 Å². The van der Waals surface area contributed by atoms with Gasteiger partial charge in [-0.3, -0.25) is 4.79 Å². The molecule has 3 aromatic rings. The number of alkyl halides is 3. The highest BCUT2D eigenvalue weighted by Crippen LogP contribution is 2.37. The first-order valence-electron chi connectivity index (χ1n) is 8.41. The van der Waals surface area contributed by atoms with Crippen LogP contribution in [0.5, 0.6) is 0 Å². The largest absolute Gasteiger partial charge is 0.480 e. The van der Waals surface area contributed by atoms with Gasteiger partial charge in [-0.25, -0.2) is 9.78 Å². The average Bonchev–Trinajstić information content (AvgIpc) is 3.27. The number of hydrogen-bond donors (Lipinski definition) is 2. The summed E-state index contributed by atoms with van der Waals surface area (Å²) in [6.45, 7) is 1.20. The SMILES string of the molecule is Cc1nc2c(-c3ccccc3)c(C(F)(F)F)nn2c(=O)/c1=C1\N[C@H](C(=O)O)CO1. The molecule has 0 saturated carbocycles. The molecule has 0 radical (unpaired) electrons. The summed E-state index contributed by atoms with van der Waals surface area (Å²) in [6, 6.07) is 6.64. The van der Waals surface area contributed by atoms with Crippen LogP contribution in [0.15, 0.2) is 35.1 Å². The predicted molar refractivity (Wildman–Crippen MR) is 93.6 cm³/mol. The lowest BCUT2D eigenvalue weighted by atomic mass is 10.1. The van der Waals surface area contributed by atoms with E-state index in [2.05, 4.69) is 15.4 Å². The maximum absolute atomic E-state index is 13.6. The van der Waals surface area contributed by atoms with E-state index >= 15 is 0 Å². The third kappa shape index (κ3) is 3.04. The number of fused-ring (bicyclic) bond motifs is 1. The fourth-order valence-electron chi connectivity index (χ4n) is 3.15. The number of halogens is 3. The topological polar surface area (TPSA) is 106 Å². The van der Waals surface area contributed by atoms with Crippen LogP contribution in [-0.2, 0) is 15.7 Å². The molecule has 0 amide bonds. The van der Waals surface area contributed by atoms with E-state index in [4.69, 9.17) is 9.84 Å². The van der Waals surface area contributed by atoms with Gasteiger partial charge in [0.05, 0.1) is 11.3 Å². The van der Waals surface area contributed by atoms with Crippen LogP contribution in [0, 0.1) is 6.92 Å². The van der Waals surface area contributed by atoms with E-state index in [1.807, 2.05) is 0 Å². The molecule has 3 heterocycles. The Labute approximate surface area is 160 Å². The molecule has 1 fully saturated rings. The van der Waals surface area contributed by atoms with E-state index in [1.165, 1.54) is 19.1 Å². The highest BCUT2D eigenvalue weighted by molar-refractivity contribution is 5.80. The Balaban J connectivity index is 2.05. The highest BCUT2D eigenvalue weighted by atomic mass is 19.4. The molecule has 1 atom stereocenters. The normalized spacial score (nSPS) is 18.6. The van der Waals surface area contributed by atoms with Crippen LogP contribution in [0.25, 0.3) is 22.7 Å². The number of carboxylic acids is 1. The predicted octanol–water partition coefficient (Wildman–Crippen LogP) is 0.941. The van der Waals surface area contributed by atoms with E-state index < -0.39 is 29.4 Å². The van der Waals surface area contributed by atoms with Crippen molar-refractivity contribution in [1.29, 1.82) is 0 Å². The zero-order chi connectivity index (χ0) is 20.9. The summed E-state index contributed by atoms with van der Waals surface area (Å²) >= 11 is 0. The first-order chi connectivity index (χ1) is 13.7. The number of nitrogens with one attached hydrogen (secondary N) is 1. The summed E-state index contributed by atoms with van der Waals surface area (Å²) in [7, 11) is 0. The molecular formula is C18H13F3N4O4. The van der Waals surface area contributed by atoms with Crippen LogP contribution in [0.1, 0.15) is 11.4 Å². The van der Waals surface area contributed by atoms with E-state index in [-0.39, 0.29) is 40.2 Å². The van der Waals surface area contributed by atoms with Gasteiger partial charge in [-0.2, -0.15) is 22.8 Å². The van der Waals surface area contributed by atoms with Crippen molar-refractivity contribution in [2.45, 2.75) is 19.1 Å². The number of nitrogens with zero attached hydrogens (tertiary/aromatic N) is 3. The molecule has 0 unspecified atom stereocenters. The summed E-state index contributed by atoms with van der Waals surface area (Å²) in [6.07, 6.45) is -4.82. The lowest BCUT2D eigenvalue weighted by Crippen LogP contribution is -2.40. The molecular weight excluding hydrogens is 393 g/mol. The molecule has 2 aromatic heterocycles. The van der Waals surface area contributed by atoms with Crippen molar-refractivity contribution in [3.05, 3.63) is 57.3 Å². The molecule has 0 spiro atoms. The fourth-order valence-corrected chi connectivity index (χ4v) is 3.15. The zero-order valence-electron chi connectivity index (χ0n) is 14.8. The van der Waals surface area contributed by atoms with Crippen LogP contribution in [0.4, 0.5) is 13.2 Å². The second-order valence-electron chi connectivity index (χ2n) is 6.38. The lowest BCUT2D eigenvalue weighted by molar-refractivity contribution is -0.141. The Morgan fingerprint density at radius 2 is 2.00 bits per heavy atom. The van der Waals surface area contributed by atoms with Crippen LogP contribution >= 0.6 is 0 Å². The Kier molecular flexibility index (Phi) is 4.17. The highest BCUT2D eigenvalue weighted by Gasteiger charge is 2.39. The number of hydrogen-bond acceptors (Lipinski definition) is 6. The minimum absolute atomic E-state index is 0.0850. The third-order valence-corrected chi connectivity index (χ3v) is 4.46. The first kappa shape index (κ1) is 18.7. The second-order valence-corrected chi connectivity index (χ2v) is 6.38. The number of ether oxygens (including phenoxy) is 1. The molecule has 2 N–H and O–H groups in total. The van der Waals surface area contributed by atoms with Gasteiger partial charge >= 0.3 is 12.1 Å². The van der Waals surface area contributed by atoms with Gasteiger partial charge in [0.2, 0.25) is 5.88 Å². The Morgan fingerprint density at radius 3 is 2.59 bits per heavy atom. The molecule has 0 aliphatic carbocycles. The second kappa shape index (κ2) is 6.47. The van der Waals surface area contributed by atoms with Crippen molar-refractivity contribution >= 4 is 17.5 Å². The van der Waals surface area contributed by atoms with Gasteiger partial charge in [0.1, 0.15) is 11.8 Å². The van der Waals surface area contributed by atoms with E-state index in [0.717, 1.165) is 0 Å². The third-order valence-electron chi connectivity index (χ3n) is 4.46. The molecule has 8 nitrogen and oxygen atoms in total. The summed E-state index contributed by atoms with van der Waals surface area (Å²) in [4.78, 5) is 28.2. The van der Waals surface area contributed by atoms with E-state index in [9.17, 15) is 22.8 Å². The standard InChI is InChI=1S/C18H13F3N4O4/c1-8-11(15-23-10(7-29-15)17(27)28)16(26)25-14(22-8)12(9-5-3-2-4-6-9)13(24-25)18(19,20)21/h2-6,10,23H,7H2,1H3,(H,27,28)/b15-11+/t10-/m0/s1. The van der Waals surface area contributed by atoms with Crippen molar-refractivity contribution in [3.8, 4) is 11.1 Å². The summed E-state index contributed by atoms with van der Waals surface area (Å²) in [5.74, 6) is -1.34. The minimum Gasteiger partial charge on any atom is -0.480 e. The number of carboxylic acid groups (broad SMARTS) is 1. The molecule has 1 saturated heterocycles. The maximum Gasteiger partial charge on any atom is 0.435 e. The van der Waals surface area contributed by atoms with Crippen molar-refractivity contribution in [2.75, 3.05) is 6.61 Å². The van der Waals surface area contributed by atoms with Gasteiger partial charge in [-0.1, -0.05) is 30.3 Å². The smallest absolute Gasteiger partial charge is 0.435 e. The fraction of sp³-hybridized carbons (Fsp3) is 0.222. The molecule has 1 aromatic carbocycles. The van der Waals surface area contributed by atoms with Crippen LogP contribution in [0.3, 0.4) is 0 Å². The van der Waals surface area contributed by atoms with Crippen molar-refractivity contribution < 1.29 is 27.8 Å². The van der Waals surface area contributed by atoms with E-state index in [1.54, 1.807) is 18.2 Å².